The first kappa shape index (κ1) is 18.9. The van der Waals surface area contributed by atoms with E-state index < -0.39 is 0 Å². The lowest BCUT2D eigenvalue weighted by Gasteiger charge is -2.25. The highest BCUT2D eigenvalue weighted by Gasteiger charge is 2.08. The summed E-state index contributed by atoms with van der Waals surface area (Å²) in [6.07, 6.45) is 0. The van der Waals surface area contributed by atoms with Crippen LogP contribution in [0.25, 0.3) is 0 Å². The number of hydrogen-bond donors (Lipinski definition) is 0. The molecule has 0 amide bonds. The van der Waals surface area contributed by atoms with Crippen molar-refractivity contribution >= 4 is 11.5 Å². The molecule has 1 aliphatic rings. The van der Waals surface area contributed by atoms with Crippen LogP contribution in [0.2, 0.25) is 0 Å². The highest BCUT2D eigenvalue weighted by Crippen LogP contribution is 2.15. The van der Waals surface area contributed by atoms with E-state index in [9.17, 15) is 4.79 Å². The summed E-state index contributed by atoms with van der Waals surface area (Å²) >= 11 is 0. The Bertz CT molecular complexity index is 461. The molecule has 6 heteroatoms. The van der Waals surface area contributed by atoms with Gasteiger partial charge in [-0.3, -0.25) is 4.79 Å². The molecule has 0 radical (unpaired) electrons. The average molecular weight is 337 g/mol. The van der Waals surface area contributed by atoms with E-state index in [1.807, 2.05) is 24.3 Å². The molecule has 1 aromatic rings. The van der Waals surface area contributed by atoms with Crippen LogP contribution in [0.4, 0.5) is 5.69 Å². The third kappa shape index (κ3) is 6.97. The number of carbonyl (C=O) groups is 1. The van der Waals surface area contributed by atoms with E-state index >= 15 is 0 Å². The number of benzene rings is 1. The zero-order chi connectivity index (χ0) is 17.0. The maximum absolute atomic E-state index is 11.4. The molecule has 1 fully saturated rings. The van der Waals surface area contributed by atoms with Crippen molar-refractivity contribution < 1.29 is 23.7 Å². The van der Waals surface area contributed by atoms with Crippen LogP contribution in [-0.2, 0) is 18.9 Å². The Labute approximate surface area is 143 Å². The van der Waals surface area contributed by atoms with Gasteiger partial charge in [0.2, 0.25) is 0 Å². The van der Waals surface area contributed by atoms with Gasteiger partial charge in [-0.05, 0) is 31.2 Å². The third-order valence-electron chi connectivity index (χ3n) is 3.77. The van der Waals surface area contributed by atoms with Gasteiger partial charge in [0.25, 0.3) is 0 Å². The van der Waals surface area contributed by atoms with Gasteiger partial charge in [-0.2, -0.15) is 0 Å². The number of hydrogen-bond acceptors (Lipinski definition) is 6. The van der Waals surface area contributed by atoms with Gasteiger partial charge in [-0.15, -0.1) is 0 Å². The Kier molecular flexibility index (Phi) is 8.76. The van der Waals surface area contributed by atoms with Gasteiger partial charge >= 0.3 is 0 Å². The Morgan fingerprint density at radius 1 is 0.750 bits per heavy atom. The largest absolute Gasteiger partial charge is 0.377 e. The van der Waals surface area contributed by atoms with Crippen molar-refractivity contribution in [1.29, 1.82) is 0 Å². The molecule has 1 heterocycles. The molecule has 2 rings (SSSR count). The smallest absolute Gasteiger partial charge is 0.159 e. The number of ether oxygens (including phenoxy) is 4. The first-order valence-electron chi connectivity index (χ1n) is 8.44. The lowest BCUT2D eigenvalue weighted by Crippen LogP contribution is -2.31. The first-order valence-corrected chi connectivity index (χ1v) is 8.44. The van der Waals surface area contributed by atoms with Crippen LogP contribution in [0, 0.1) is 0 Å². The molecule has 0 atom stereocenters. The van der Waals surface area contributed by atoms with Crippen LogP contribution in [0.1, 0.15) is 17.3 Å². The molecule has 1 aromatic carbocycles. The van der Waals surface area contributed by atoms with Gasteiger partial charge in [0.15, 0.2) is 5.78 Å². The highest BCUT2D eigenvalue weighted by atomic mass is 16.6. The monoisotopic (exact) mass is 337 g/mol. The zero-order valence-corrected chi connectivity index (χ0v) is 14.4. The van der Waals surface area contributed by atoms with Gasteiger partial charge in [-0.1, -0.05) is 0 Å². The van der Waals surface area contributed by atoms with E-state index in [-0.39, 0.29) is 5.78 Å². The predicted molar refractivity (Wildman–Crippen MR) is 91.9 cm³/mol. The molecule has 134 valence electrons. The van der Waals surface area contributed by atoms with E-state index in [2.05, 4.69) is 4.90 Å². The molecule has 1 aliphatic heterocycles. The first-order chi connectivity index (χ1) is 11.8. The lowest BCUT2D eigenvalue weighted by molar-refractivity contribution is 0.00206. The molecule has 0 unspecified atom stereocenters. The number of Topliss-reactive ketones (excluding diaryl/α,β-unsaturated/α-hetero) is 1. The van der Waals surface area contributed by atoms with Crippen LogP contribution in [0.15, 0.2) is 24.3 Å². The summed E-state index contributed by atoms with van der Waals surface area (Å²) in [6, 6.07) is 7.65. The molecule has 0 spiro atoms. The van der Waals surface area contributed by atoms with Crippen LogP contribution < -0.4 is 4.90 Å². The Morgan fingerprint density at radius 2 is 1.17 bits per heavy atom. The van der Waals surface area contributed by atoms with Gasteiger partial charge in [0, 0.05) is 24.3 Å². The average Bonchev–Trinajstić information content (AvgIpc) is 2.60. The van der Waals surface area contributed by atoms with Crippen LogP contribution in [-0.4, -0.2) is 71.7 Å². The molecule has 0 saturated carbocycles. The topological polar surface area (TPSA) is 57.2 Å². The van der Waals surface area contributed by atoms with Crippen LogP contribution in [0.3, 0.4) is 0 Å². The van der Waals surface area contributed by atoms with E-state index in [1.54, 1.807) is 6.92 Å². The van der Waals surface area contributed by atoms with Gasteiger partial charge in [0.05, 0.1) is 52.9 Å². The second kappa shape index (κ2) is 11.1. The number of nitrogens with zero attached hydrogens (tertiary/aromatic N) is 1. The van der Waals surface area contributed by atoms with Crippen LogP contribution >= 0.6 is 0 Å². The standard InChI is InChI=1S/C18H27NO5/c1-16(20)17-2-4-18(5-3-17)19-6-8-21-10-12-23-14-15-24-13-11-22-9-7-19/h2-5H,6-15H2,1H3. The number of rotatable bonds is 2. The Balaban J connectivity index is 1.91. The molecule has 0 bridgehead atoms. The van der Waals surface area contributed by atoms with Gasteiger partial charge in [0.1, 0.15) is 0 Å². The van der Waals surface area contributed by atoms with E-state index in [0.29, 0.717) is 52.9 Å². The van der Waals surface area contributed by atoms with Gasteiger partial charge < -0.3 is 23.8 Å². The molecular weight excluding hydrogens is 310 g/mol. The number of ketones is 1. The fourth-order valence-electron chi connectivity index (χ4n) is 2.39. The number of carbonyl (C=O) groups excluding carboxylic acids is 1. The predicted octanol–water partition coefficient (Wildman–Crippen LogP) is 1.78. The molecule has 1 saturated heterocycles. The third-order valence-corrected chi connectivity index (χ3v) is 3.77. The summed E-state index contributed by atoms with van der Waals surface area (Å²) in [6.45, 7) is 7.81. The summed E-state index contributed by atoms with van der Waals surface area (Å²) in [4.78, 5) is 13.6. The quantitative estimate of drug-likeness (QED) is 0.767. The van der Waals surface area contributed by atoms with Crippen molar-refractivity contribution in [2.75, 3.05) is 70.8 Å². The Hall–Kier alpha value is -1.47. The minimum Gasteiger partial charge on any atom is -0.377 e. The minimum absolute atomic E-state index is 0.0743. The molecule has 0 aliphatic carbocycles. The van der Waals surface area contributed by atoms with Crippen molar-refractivity contribution in [2.45, 2.75) is 6.92 Å². The second-order valence-corrected chi connectivity index (χ2v) is 5.54. The number of anilines is 1. The van der Waals surface area contributed by atoms with Crippen molar-refractivity contribution in [3.05, 3.63) is 29.8 Å². The molecule has 6 nitrogen and oxygen atoms in total. The van der Waals surface area contributed by atoms with Crippen LogP contribution in [0.5, 0.6) is 0 Å². The molecule has 24 heavy (non-hydrogen) atoms. The lowest BCUT2D eigenvalue weighted by atomic mass is 10.1. The van der Waals surface area contributed by atoms with Crippen molar-refractivity contribution in [1.82, 2.24) is 0 Å². The van der Waals surface area contributed by atoms with E-state index in [4.69, 9.17) is 18.9 Å². The summed E-state index contributed by atoms with van der Waals surface area (Å²) in [5.74, 6) is 0.0743. The summed E-state index contributed by atoms with van der Waals surface area (Å²) in [5.41, 5.74) is 1.78. The summed E-state index contributed by atoms with van der Waals surface area (Å²) in [5, 5.41) is 0. The maximum atomic E-state index is 11.4. The molecule has 0 aromatic heterocycles. The Morgan fingerprint density at radius 3 is 1.58 bits per heavy atom. The van der Waals surface area contributed by atoms with Crippen molar-refractivity contribution in [3.8, 4) is 0 Å². The minimum atomic E-state index is 0.0743. The van der Waals surface area contributed by atoms with Crippen molar-refractivity contribution in [3.63, 3.8) is 0 Å². The maximum Gasteiger partial charge on any atom is 0.159 e. The molecular formula is C18H27NO5. The summed E-state index contributed by atoms with van der Waals surface area (Å²) < 4.78 is 22.1. The second-order valence-electron chi connectivity index (χ2n) is 5.54. The van der Waals surface area contributed by atoms with E-state index in [0.717, 1.165) is 24.3 Å². The zero-order valence-electron chi connectivity index (χ0n) is 14.4. The fourth-order valence-corrected chi connectivity index (χ4v) is 2.39. The highest BCUT2D eigenvalue weighted by molar-refractivity contribution is 5.94. The van der Waals surface area contributed by atoms with Gasteiger partial charge in [-0.25, -0.2) is 0 Å². The molecule has 0 N–H and O–H groups in total. The fraction of sp³-hybridized carbons (Fsp3) is 0.611. The summed E-state index contributed by atoms with van der Waals surface area (Å²) in [7, 11) is 0. The van der Waals surface area contributed by atoms with Crippen molar-refractivity contribution in [2.24, 2.45) is 0 Å². The normalized spacial score (nSPS) is 19.3. The van der Waals surface area contributed by atoms with E-state index in [1.165, 1.54) is 0 Å². The SMILES string of the molecule is CC(=O)c1ccc(N2CCOCCOCCOCCOCC2)cc1.